The Bertz CT molecular complexity index is 636. The van der Waals surface area contributed by atoms with Crippen LogP contribution >= 0.6 is 0 Å². The lowest BCUT2D eigenvalue weighted by Crippen LogP contribution is -2.39. The summed E-state index contributed by atoms with van der Waals surface area (Å²) in [6.45, 7) is 2.17. The Balaban J connectivity index is 2.33. The molecule has 1 aromatic carbocycles. The van der Waals surface area contributed by atoms with Gasteiger partial charge in [0.1, 0.15) is 0 Å². The van der Waals surface area contributed by atoms with Crippen LogP contribution in [0.1, 0.15) is 18.4 Å². The van der Waals surface area contributed by atoms with E-state index in [9.17, 15) is 18.5 Å². The molecule has 0 aliphatic carbocycles. The monoisotopic (exact) mass is 314 g/mol. The summed E-state index contributed by atoms with van der Waals surface area (Å²) >= 11 is 0. The maximum atomic E-state index is 12.6. The normalized spacial score (nSPS) is 17.8. The van der Waals surface area contributed by atoms with Crippen LogP contribution in [0.4, 0.5) is 5.69 Å². The first-order chi connectivity index (χ1) is 9.87. The van der Waals surface area contributed by atoms with Gasteiger partial charge in [0, 0.05) is 31.3 Å². The number of nitro benzene ring substituents is 1. The van der Waals surface area contributed by atoms with Crippen molar-refractivity contribution in [3.05, 3.63) is 33.9 Å². The predicted octanol–water partition coefficient (Wildman–Crippen LogP) is 1.30. The molecule has 0 amide bonds. The third-order valence-corrected chi connectivity index (χ3v) is 5.94. The standard InChI is InChI=1S/C13H18N2O5S/c1-10-12(15(17)18)3-2-4-13(10)21(19,20)14-7-5-11(9-16)6-8-14/h2-4,11,16H,5-9H2,1H3. The van der Waals surface area contributed by atoms with Gasteiger partial charge in [0.25, 0.3) is 5.69 Å². The number of aliphatic hydroxyl groups is 1. The molecule has 116 valence electrons. The first-order valence-electron chi connectivity index (χ1n) is 6.73. The molecule has 0 saturated carbocycles. The minimum Gasteiger partial charge on any atom is -0.396 e. The van der Waals surface area contributed by atoms with Gasteiger partial charge in [-0.1, -0.05) is 6.07 Å². The van der Waals surface area contributed by atoms with E-state index >= 15 is 0 Å². The summed E-state index contributed by atoms with van der Waals surface area (Å²) in [7, 11) is -3.73. The number of nitro groups is 1. The Kier molecular flexibility index (Phi) is 4.60. The molecular weight excluding hydrogens is 296 g/mol. The van der Waals surface area contributed by atoms with Crippen molar-refractivity contribution in [2.24, 2.45) is 5.92 Å². The highest BCUT2D eigenvalue weighted by Crippen LogP contribution is 2.29. The third kappa shape index (κ3) is 3.07. The summed E-state index contributed by atoms with van der Waals surface area (Å²) < 4.78 is 26.6. The zero-order valence-corrected chi connectivity index (χ0v) is 12.5. The molecule has 0 unspecified atom stereocenters. The number of sulfonamides is 1. The topological polar surface area (TPSA) is 101 Å². The smallest absolute Gasteiger partial charge is 0.273 e. The lowest BCUT2D eigenvalue weighted by Gasteiger charge is -2.30. The summed E-state index contributed by atoms with van der Waals surface area (Å²) in [5.41, 5.74) is -0.0342. The molecule has 0 spiro atoms. The minimum atomic E-state index is -3.73. The Labute approximate surface area is 123 Å². The molecule has 2 rings (SSSR count). The average Bonchev–Trinajstić information content (AvgIpc) is 2.47. The van der Waals surface area contributed by atoms with E-state index in [1.807, 2.05) is 0 Å². The Morgan fingerprint density at radius 2 is 2.00 bits per heavy atom. The van der Waals surface area contributed by atoms with Gasteiger partial charge in [-0.15, -0.1) is 0 Å². The van der Waals surface area contributed by atoms with E-state index < -0.39 is 14.9 Å². The SMILES string of the molecule is Cc1c([N+](=O)[O-])cccc1S(=O)(=O)N1CCC(CO)CC1. The largest absolute Gasteiger partial charge is 0.396 e. The summed E-state index contributed by atoms with van der Waals surface area (Å²) in [4.78, 5) is 10.3. The molecule has 8 heteroatoms. The van der Waals surface area contributed by atoms with Crippen LogP contribution in [-0.2, 0) is 10.0 Å². The van der Waals surface area contributed by atoms with Gasteiger partial charge in [-0.05, 0) is 31.7 Å². The molecule has 1 fully saturated rings. The van der Waals surface area contributed by atoms with Crippen LogP contribution in [0.15, 0.2) is 23.1 Å². The molecule has 1 aliphatic heterocycles. The predicted molar refractivity (Wildman–Crippen MR) is 76.4 cm³/mol. The van der Waals surface area contributed by atoms with E-state index in [-0.39, 0.29) is 28.7 Å². The van der Waals surface area contributed by atoms with E-state index in [1.54, 1.807) is 0 Å². The number of hydrogen-bond acceptors (Lipinski definition) is 5. The second kappa shape index (κ2) is 6.08. The molecule has 1 aliphatic rings. The second-order valence-electron chi connectivity index (χ2n) is 5.19. The number of rotatable bonds is 4. The van der Waals surface area contributed by atoms with Gasteiger partial charge >= 0.3 is 0 Å². The van der Waals surface area contributed by atoms with Crippen LogP contribution in [0.2, 0.25) is 0 Å². The van der Waals surface area contributed by atoms with Crippen LogP contribution in [0.3, 0.4) is 0 Å². The number of hydrogen-bond donors (Lipinski definition) is 1. The number of benzene rings is 1. The summed E-state index contributed by atoms with van der Waals surface area (Å²) in [5, 5.41) is 20.0. The average molecular weight is 314 g/mol. The number of aliphatic hydroxyl groups excluding tert-OH is 1. The molecule has 1 aromatic rings. The highest BCUT2D eigenvalue weighted by atomic mass is 32.2. The quantitative estimate of drug-likeness (QED) is 0.667. The maximum Gasteiger partial charge on any atom is 0.273 e. The van der Waals surface area contributed by atoms with Gasteiger partial charge in [-0.3, -0.25) is 10.1 Å². The van der Waals surface area contributed by atoms with Crippen LogP contribution in [0.5, 0.6) is 0 Å². The van der Waals surface area contributed by atoms with Gasteiger partial charge < -0.3 is 5.11 Å². The minimum absolute atomic E-state index is 0.0147. The Hall–Kier alpha value is -1.51. The van der Waals surface area contributed by atoms with E-state index in [2.05, 4.69) is 0 Å². The van der Waals surface area contributed by atoms with Gasteiger partial charge in [0.15, 0.2) is 0 Å². The second-order valence-corrected chi connectivity index (χ2v) is 7.09. The fourth-order valence-corrected chi connectivity index (χ4v) is 4.26. The van der Waals surface area contributed by atoms with E-state index in [0.717, 1.165) is 0 Å². The highest BCUT2D eigenvalue weighted by Gasteiger charge is 2.31. The molecule has 7 nitrogen and oxygen atoms in total. The van der Waals surface area contributed by atoms with Crippen LogP contribution in [0, 0.1) is 23.0 Å². The van der Waals surface area contributed by atoms with Crippen molar-refractivity contribution in [2.75, 3.05) is 19.7 Å². The van der Waals surface area contributed by atoms with Crippen molar-refractivity contribution >= 4 is 15.7 Å². The third-order valence-electron chi connectivity index (χ3n) is 3.90. The van der Waals surface area contributed by atoms with E-state index in [4.69, 9.17) is 5.11 Å². The Morgan fingerprint density at radius 1 is 1.38 bits per heavy atom. The van der Waals surface area contributed by atoms with E-state index in [0.29, 0.717) is 25.9 Å². The molecule has 1 N–H and O–H groups in total. The van der Waals surface area contributed by atoms with Crippen LogP contribution in [0.25, 0.3) is 0 Å². The van der Waals surface area contributed by atoms with Crippen LogP contribution < -0.4 is 0 Å². The summed E-state index contributed by atoms with van der Waals surface area (Å²) in [5.74, 6) is 0.127. The molecule has 0 aromatic heterocycles. The molecule has 1 heterocycles. The number of nitrogens with zero attached hydrogens (tertiary/aromatic N) is 2. The molecule has 21 heavy (non-hydrogen) atoms. The zero-order valence-electron chi connectivity index (χ0n) is 11.7. The molecule has 0 radical (unpaired) electrons. The first kappa shape index (κ1) is 15.9. The molecule has 0 atom stereocenters. The van der Waals surface area contributed by atoms with Crippen molar-refractivity contribution in [3.63, 3.8) is 0 Å². The lowest BCUT2D eigenvalue weighted by atomic mass is 10.00. The van der Waals surface area contributed by atoms with Gasteiger partial charge in [-0.25, -0.2) is 8.42 Å². The molecule has 0 bridgehead atoms. The highest BCUT2D eigenvalue weighted by molar-refractivity contribution is 7.89. The van der Waals surface area contributed by atoms with Crippen molar-refractivity contribution in [1.82, 2.24) is 4.31 Å². The number of piperidine rings is 1. The van der Waals surface area contributed by atoms with E-state index in [1.165, 1.54) is 29.4 Å². The molecular formula is C13H18N2O5S. The van der Waals surface area contributed by atoms with Gasteiger partial charge in [-0.2, -0.15) is 4.31 Å². The fraction of sp³-hybridized carbons (Fsp3) is 0.538. The Morgan fingerprint density at radius 3 is 2.52 bits per heavy atom. The summed E-state index contributed by atoms with van der Waals surface area (Å²) in [6, 6.07) is 4.08. The van der Waals surface area contributed by atoms with Crippen LogP contribution in [-0.4, -0.2) is 42.4 Å². The van der Waals surface area contributed by atoms with Crippen molar-refractivity contribution < 1.29 is 18.4 Å². The molecule has 1 saturated heterocycles. The summed E-state index contributed by atoms with van der Waals surface area (Å²) in [6.07, 6.45) is 1.20. The van der Waals surface area contributed by atoms with Crippen molar-refractivity contribution in [2.45, 2.75) is 24.7 Å². The zero-order chi connectivity index (χ0) is 15.6. The fourth-order valence-electron chi connectivity index (χ4n) is 2.55. The maximum absolute atomic E-state index is 12.6. The lowest BCUT2D eigenvalue weighted by molar-refractivity contribution is -0.385. The van der Waals surface area contributed by atoms with Crippen molar-refractivity contribution in [1.29, 1.82) is 0 Å². The van der Waals surface area contributed by atoms with Gasteiger partial charge in [0.05, 0.1) is 9.82 Å². The van der Waals surface area contributed by atoms with Crippen molar-refractivity contribution in [3.8, 4) is 0 Å². The first-order valence-corrected chi connectivity index (χ1v) is 8.17. The van der Waals surface area contributed by atoms with Gasteiger partial charge in [0.2, 0.25) is 10.0 Å².